The summed E-state index contributed by atoms with van der Waals surface area (Å²) in [6.45, 7) is 3.69. The minimum Gasteiger partial charge on any atom is -0.314 e. The molecule has 0 radical (unpaired) electrons. The van der Waals surface area contributed by atoms with Crippen molar-refractivity contribution in [2.75, 3.05) is 17.3 Å². The standard InChI is InChI=1S/C17H17FN4O3/c1-8(2)22-14-13(15(24)20-22)17(7-12(23)19-14)10-6-9(18)4-5-11(10)21(3)16(17)25/h4-6,8H,7H2,1-3H3,(H,19,23)(H,20,24)/t17-/m0/s1. The Morgan fingerprint density at radius 2 is 1.96 bits per heavy atom. The summed E-state index contributed by atoms with van der Waals surface area (Å²) in [6, 6.07) is 3.87. The van der Waals surface area contributed by atoms with Gasteiger partial charge in [-0.1, -0.05) is 0 Å². The van der Waals surface area contributed by atoms with Crippen molar-refractivity contribution in [1.29, 1.82) is 0 Å². The van der Waals surface area contributed by atoms with Crippen molar-refractivity contribution in [2.45, 2.75) is 31.7 Å². The van der Waals surface area contributed by atoms with Crippen LogP contribution in [0.25, 0.3) is 0 Å². The normalized spacial score (nSPS) is 21.7. The van der Waals surface area contributed by atoms with E-state index in [2.05, 4.69) is 10.4 Å². The molecule has 0 fully saturated rings. The molecule has 1 atom stereocenters. The fraction of sp³-hybridized carbons (Fsp3) is 0.353. The van der Waals surface area contributed by atoms with Crippen LogP contribution in [0.15, 0.2) is 23.0 Å². The van der Waals surface area contributed by atoms with Crippen molar-refractivity contribution in [3.63, 3.8) is 0 Å². The Bertz CT molecular complexity index is 990. The maximum absolute atomic E-state index is 13.9. The monoisotopic (exact) mass is 344 g/mol. The number of aromatic amines is 1. The molecule has 25 heavy (non-hydrogen) atoms. The van der Waals surface area contributed by atoms with E-state index in [9.17, 15) is 18.8 Å². The number of likely N-dealkylation sites (N-methyl/N-ethyl adjacent to an activating group) is 1. The number of aromatic nitrogens is 2. The van der Waals surface area contributed by atoms with Crippen LogP contribution in [0.4, 0.5) is 15.9 Å². The maximum Gasteiger partial charge on any atom is 0.270 e. The number of benzene rings is 1. The maximum atomic E-state index is 13.9. The van der Waals surface area contributed by atoms with Gasteiger partial charge in [0.25, 0.3) is 5.56 Å². The van der Waals surface area contributed by atoms with Crippen LogP contribution in [0.5, 0.6) is 0 Å². The second kappa shape index (κ2) is 4.81. The second-order valence-electron chi connectivity index (χ2n) is 6.78. The molecule has 1 aromatic heterocycles. The zero-order valence-electron chi connectivity index (χ0n) is 14.0. The van der Waals surface area contributed by atoms with Crippen molar-refractivity contribution in [3.8, 4) is 0 Å². The van der Waals surface area contributed by atoms with Crippen LogP contribution in [0.2, 0.25) is 0 Å². The molecule has 1 spiro atoms. The van der Waals surface area contributed by atoms with Crippen molar-refractivity contribution in [2.24, 2.45) is 0 Å². The topological polar surface area (TPSA) is 87.2 Å². The molecule has 8 heteroatoms. The fourth-order valence-electron chi connectivity index (χ4n) is 3.93. The predicted molar refractivity (Wildman–Crippen MR) is 89.3 cm³/mol. The lowest BCUT2D eigenvalue weighted by atomic mass is 9.71. The van der Waals surface area contributed by atoms with Gasteiger partial charge in [0, 0.05) is 18.8 Å². The molecule has 2 N–H and O–H groups in total. The van der Waals surface area contributed by atoms with Crippen LogP contribution in [0.1, 0.15) is 37.4 Å². The SMILES string of the molecule is CC(C)n1[nH]c(=O)c2c1NC(=O)C[C@@]21C(=O)N(C)c2ccc(F)cc21. The largest absolute Gasteiger partial charge is 0.314 e. The Labute approximate surface area is 142 Å². The predicted octanol–water partition coefficient (Wildman–Crippen LogP) is 1.50. The summed E-state index contributed by atoms with van der Waals surface area (Å²) in [5, 5.41) is 5.38. The van der Waals surface area contributed by atoms with Crippen molar-refractivity contribution >= 4 is 23.3 Å². The first kappa shape index (κ1) is 15.6. The quantitative estimate of drug-likeness (QED) is 0.822. The third-order valence-electron chi connectivity index (χ3n) is 5.00. The molecule has 2 aliphatic rings. The van der Waals surface area contributed by atoms with E-state index in [1.807, 2.05) is 13.8 Å². The second-order valence-corrected chi connectivity index (χ2v) is 6.78. The van der Waals surface area contributed by atoms with E-state index >= 15 is 0 Å². The molecule has 0 bridgehead atoms. The first-order chi connectivity index (χ1) is 11.8. The number of amides is 2. The lowest BCUT2D eigenvalue weighted by Gasteiger charge is -2.32. The fourth-order valence-corrected chi connectivity index (χ4v) is 3.93. The number of nitrogens with zero attached hydrogens (tertiary/aromatic N) is 2. The number of hydrogen-bond acceptors (Lipinski definition) is 3. The van der Waals surface area contributed by atoms with E-state index in [0.29, 0.717) is 11.3 Å². The van der Waals surface area contributed by atoms with E-state index in [4.69, 9.17) is 0 Å². The summed E-state index contributed by atoms with van der Waals surface area (Å²) in [5.74, 6) is -1.04. The van der Waals surface area contributed by atoms with Gasteiger partial charge < -0.3 is 10.2 Å². The van der Waals surface area contributed by atoms with Crippen LogP contribution in [-0.2, 0) is 15.0 Å². The van der Waals surface area contributed by atoms with Crippen LogP contribution >= 0.6 is 0 Å². The van der Waals surface area contributed by atoms with Gasteiger partial charge in [-0.2, -0.15) is 0 Å². The summed E-state index contributed by atoms with van der Waals surface area (Å²) in [4.78, 5) is 39.7. The molecule has 0 saturated heterocycles. The van der Waals surface area contributed by atoms with Crippen LogP contribution in [-0.4, -0.2) is 28.6 Å². The summed E-state index contributed by atoms with van der Waals surface area (Å²) < 4.78 is 15.5. The smallest absolute Gasteiger partial charge is 0.270 e. The van der Waals surface area contributed by atoms with Gasteiger partial charge in [-0.25, -0.2) is 4.39 Å². The first-order valence-corrected chi connectivity index (χ1v) is 8.00. The summed E-state index contributed by atoms with van der Waals surface area (Å²) >= 11 is 0. The highest BCUT2D eigenvalue weighted by Gasteiger charge is 2.57. The summed E-state index contributed by atoms with van der Waals surface area (Å²) in [5.41, 5.74) is -0.936. The van der Waals surface area contributed by atoms with Gasteiger partial charge in [-0.15, -0.1) is 0 Å². The van der Waals surface area contributed by atoms with E-state index in [0.717, 1.165) is 0 Å². The average molecular weight is 344 g/mol. The Kier molecular flexibility index (Phi) is 3.00. The number of nitrogens with one attached hydrogen (secondary N) is 2. The Hall–Kier alpha value is -2.90. The molecule has 2 aromatic rings. The van der Waals surface area contributed by atoms with Crippen LogP contribution in [0, 0.1) is 5.82 Å². The number of carbonyl (C=O) groups excluding carboxylic acids is 2. The van der Waals surface area contributed by atoms with Gasteiger partial charge >= 0.3 is 0 Å². The zero-order valence-corrected chi connectivity index (χ0v) is 14.0. The minimum atomic E-state index is -1.50. The third-order valence-corrected chi connectivity index (χ3v) is 5.00. The molecule has 130 valence electrons. The van der Waals surface area contributed by atoms with E-state index in [-0.39, 0.29) is 29.8 Å². The number of H-pyrrole nitrogens is 1. The minimum absolute atomic E-state index is 0.131. The average Bonchev–Trinajstić information content (AvgIpc) is 2.97. The molecule has 1 aromatic carbocycles. The van der Waals surface area contributed by atoms with Crippen molar-refractivity contribution < 1.29 is 14.0 Å². The third kappa shape index (κ3) is 1.82. The van der Waals surface area contributed by atoms with Crippen molar-refractivity contribution in [3.05, 3.63) is 45.5 Å². The number of rotatable bonds is 1. The molecule has 2 amide bonds. The molecular weight excluding hydrogens is 327 g/mol. The number of hydrogen-bond donors (Lipinski definition) is 2. The van der Waals surface area contributed by atoms with Gasteiger partial charge in [0.05, 0.1) is 12.0 Å². The lowest BCUT2D eigenvalue weighted by Crippen LogP contribution is -2.47. The van der Waals surface area contributed by atoms with Gasteiger partial charge in [0.1, 0.15) is 17.1 Å². The molecule has 0 aliphatic carbocycles. The van der Waals surface area contributed by atoms with E-state index in [1.54, 1.807) is 7.05 Å². The van der Waals surface area contributed by atoms with Crippen LogP contribution < -0.4 is 15.8 Å². The molecule has 3 heterocycles. The highest BCUT2D eigenvalue weighted by Crippen LogP contribution is 2.50. The van der Waals surface area contributed by atoms with Gasteiger partial charge in [-0.3, -0.25) is 24.2 Å². The molecule has 0 saturated carbocycles. The molecule has 7 nitrogen and oxygen atoms in total. The molecular formula is C17H17FN4O3. The molecule has 0 unspecified atom stereocenters. The number of anilines is 2. The summed E-state index contributed by atoms with van der Waals surface area (Å²) in [7, 11) is 1.56. The summed E-state index contributed by atoms with van der Waals surface area (Å²) in [6.07, 6.45) is -0.231. The number of carbonyl (C=O) groups is 2. The lowest BCUT2D eigenvalue weighted by molar-refractivity contribution is -0.126. The number of fused-ring (bicyclic) bond motifs is 4. The Morgan fingerprint density at radius 1 is 1.24 bits per heavy atom. The van der Waals surface area contributed by atoms with Crippen molar-refractivity contribution in [1.82, 2.24) is 9.78 Å². The zero-order chi connectivity index (χ0) is 18.1. The molecule has 4 rings (SSSR count). The molecule has 2 aliphatic heterocycles. The highest BCUT2D eigenvalue weighted by molar-refractivity contribution is 6.15. The van der Waals surface area contributed by atoms with E-state index < -0.39 is 22.7 Å². The Balaban J connectivity index is 2.12. The van der Waals surface area contributed by atoms with Gasteiger partial charge in [0.2, 0.25) is 11.8 Å². The first-order valence-electron chi connectivity index (χ1n) is 8.00. The Morgan fingerprint density at radius 3 is 2.64 bits per heavy atom. The number of halogens is 1. The van der Waals surface area contributed by atoms with Gasteiger partial charge in [0.15, 0.2) is 0 Å². The highest BCUT2D eigenvalue weighted by atomic mass is 19.1. The van der Waals surface area contributed by atoms with Crippen LogP contribution in [0.3, 0.4) is 0 Å². The van der Waals surface area contributed by atoms with Gasteiger partial charge in [-0.05, 0) is 37.6 Å². The van der Waals surface area contributed by atoms with E-state index in [1.165, 1.54) is 27.8 Å².